The van der Waals surface area contributed by atoms with Crippen LogP contribution in [0.25, 0.3) is 0 Å². The zero-order valence-electron chi connectivity index (χ0n) is 10.5. The van der Waals surface area contributed by atoms with Crippen LogP contribution in [0.2, 0.25) is 0 Å². The minimum Gasteiger partial charge on any atom is -0.390 e. The summed E-state index contributed by atoms with van der Waals surface area (Å²) in [6.07, 6.45) is -2.01. The predicted octanol–water partition coefficient (Wildman–Crippen LogP) is 1.18. The molecule has 0 fully saturated rings. The largest absolute Gasteiger partial charge is 0.390 e. The van der Waals surface area contributed by atoms with Crippen LogP contribution in [-0.4, -0.2) is 27.2 Å². The Morgan fingerprint density at radius 1 is 1.53 bits per heavy atom. The molecule has 0 amide bonds. The molecule has 19 heavy (non-hydrogen) atoms. The van der Waals surface area contributed by atoms with Crippen molar-refractivity contribution >= 4 is 22.6 Å². The van der Waals surface area contributed by atoms with Crippen molar-refractivity contribution in [2.75, 3.05) is 11.2 Å². The van der Waals surface area contributed by atoms with Gasteiger partial charge in [0.15, 0.2) is 5.12 Å². The van der Waals surface area contributed by atoms with Crippen LogP contribution in [0.15, 0.2) is 18.2 Å². The van der Waals surface area contributed by atoms with Crippen LogP contribution < -0.4 is 11.3 Å². The van der Waals surface area contributed by atoms with Crippen LogP contribution in [0, 0.1) is 5.82 Å². The average molecular weight is 288 g/mol. The molecule has 5 N–H and O–H groups in total. The van der Waals surface area contributed by atoms with Gasteiger partial charge in [-0.25, -0.2) is 4.39 Å². The summed E-state index contributed by atoms with van der Waals surface area (Å²) in [5.74, 6) is 4.89. The van der Waals surface area contributed by atoms with E-state index in [0.717, 1.165) is 17.8 Å². The standard InChI is InChI=1S/C12H17FN2O3S/c1-7(16)19-5-4-11(17)12(18)8-2-3-10(15-14)9(13)6-8/h2-3,6,11-12,15,17-18H,4-5,14H2,1H3. The molecule has 1 rings (SSSR count). The first-order valence-electron chi connectivity index (χ1n) is 5.71. The number of anilines is 1. The van der Waals surface area contributed by atoms with E-state index in [0.29, 0.717) is 5.75 Å². The monoisotopic (exact) mass is 288 g/mol. The number of nitrogens with two attached hydrogens (primary N) is 1. The minimum absolute atomic E-state index is 0.0499. The lowest BCUT2D eigenvalue weighted by molar-refractivity contribution is -0.109. The maximum atomic E-state index is 13.4. The molecule has 106 valence electrons. The topological polar surface area (TPSA) is 95.6 Å². The molecule has 1 aromatic rings. The number of nitrogen functional groups attached to an aromatic ring is 1. The number of benzene rings is 1. The highest BCUT2D eigenvalue weighted by Crippen LogP contribution is 2.24. The van der Waals surface area contributed by atoms with Gasteiger partial charge in [0.05, 0.1) is 11.8 Å². The summed E-state index contributed by atoms with van der Waals surface area (Å²) in [5, 5.41) is 19.6. The highest BCUT2D eigenvalue weighted by molar-refractivity contribution is 8.13. The van der Waals surface area contributed by atoms with Gasteiger partial charge in [-0.2, -0.15) is 0 Å². The Bertz CT molecular complexity index is 445. The number of hydrazine groups is 1. The van der Waals surface area contributed by atoms with E-state index in [2.05, 4.69) is 5.43 Å². The van der Waals surface area contributed by atoms with Gasteiger partial charge >= 0.3 is 0 Å². The van der Waals surface area contributed by atoms with Crippen molar-refractivity contribution < 1.29 is 19.4 Å². The summed E-state index contributed by atoms with van der Waals surface area (Å²) in [7, 11) is 0. The van der Waals surface area contributed by atoms with Crippen LogP contribution in [0.3, 0.4) is 0 Å². The number of nitrogens with one attached hydrogen (secondary N) is 1. The number of hydrogen-bond donors (Lipinski definition) is 4. The fourth-order valence-electron chi connectivity index (χ4n) is 1.54. The SMILES string of the molecule is CC(=O)SCCC(O)C(O)c1ccc(NN)c(F)c1. The van der Waals surface area contributed by atoms with Crippen molar-refractivity contribution in [3.05, 3.63) is 29.6 Å². The van der Waals surface area contributed by atoms with Crippen molar-refractivity contribution in [3.8, 4) is 0 Å². The van der Waals surface area contributed by atoms with E-state index >= 15 is 0 Å². The molecule has 5 nitrogen and oxygen atoms in total. The van der Waals surface area contributed by atoms with Gasteiger partial charge in [0.1, 0.15) is 11.9 Å². The second-order valence-corrected chi connectivity index (χ2v) is 5.30. The van der Waals surface area contributed by atoms with Gasteiger partial charge in [0.25, 0.3) is 0 Å². The summed E-state index contributed by atoms with van der Waals surface area (Å²) in [4.78, 5) is 10.7. The van der Waals surface area contributed by atoms with E-state index in [1.165, 1.54) is 19.1 Å². The molecule has 2 atom stereocenters. The van der Waals surface area contributed by atoms with Gasteiger partial charge in [0.2, 0.25) is 0 Å². The third-order valence-electron chi connectivity index (χ3n) is 2.57. The molecule has 0 bridgehead atoms. The molecule has 1 aromatic carbocycles. The fourth-order valence-corrected chi connectivity index (χ4v) is 2.18. The van der Waals surface area contributed by atoms with E-state index in [1.807, 2.05) is 0 Å². The lowest BCUT2D eigenvalue weighted by Crippen LogP contribution is -2.19. The van der Waals surface area contributed by atoms with Crippen molar-refractivity contribution in [2.45, 2.75) is 25.6 Å². The minimum atomic E-state index is -1.20. The van der Waals surface area contributed by atoms with Crippen molar-refractivity contribution in [3.63, 3.8) is 0 Å². The lowest BCUT2D eigenvalue weighted by Gasteiger charge is -2.18. The van der Waals surface area contributed by atoms with Gasteiger partial charge in [-0.1, -0.05) is 17.8 Å². The van der Waals surface area contributed by atoms with Crippen LogP contribution in [-0.2, 0) is 4.79 Å². The van der Waals surface area contributed by atoms with E-state index in [4.69, 9.17) is 5.84 Å². The highest BCUT2D eigenvalue weighted by Gasteiger charge is 2.19. The molecule has 0 saturated heterocycles. The van der Waals surface area contributed by atoms with Crippen molar-refractivity contribution in [1.82, 2.24) is 0 Å². The summed E-state index contributed by atoms with van der Waals surface area (Å²) in [5.41, 5.74) is 2.55. The Balaban J connectivity index is 2.63. The molecule has 2 unspecified atom stereocenters. The molecule has 0 heterocycles. The van der Waals surface area contributed by atoms with E-state index < -0.39 is 18.0 Å². The quantitative estimate of drug-likeness (QED) is 0.464. The molecule has 0 saturated carbocycles. The Morgan fingerprint density at radius 3 is 2.74 bits per heavy atom. The lowest BCUT2D eigenvalue weighted by atomic mass is 10.0. The second kappa shape index (κ2) is 7.44. The smallest absolute Gasteiger partial charge is 0.185 e. The third kappa shape index (κ3) is 4.79. The molecule has 0 spiro atoms. The van der Waals surface area contributed by atoms with Crippen LogP contribution in [0.4, 0.5) is 10.1 Å². The Kier molecular flexibility index (Phi) is 6.23. The normalized spacial score (nSPS) is 13.9. The predicted molar refractivity (Wildman–Crippen MR) is 72.9 cm³/mol. The van der Waals surface area contributed by atoms with E-state index in [-0.39, 0.29) is 22.8 Å². The zero-order valence-corrected chi connectivity index (χ0v) is 11.3. The molecule has 0 aromatic heterocycles. The Morgan fingerprint density at radius 2 is 2.21 bits per heavy atom. The second-order valence-electron chi connectivity index (χ2n) is 4.02. The number of halogens is 1. The average Bonchev–Trinajstić information content (AvgIpc) is 2.37. The van der Waals surface area contributed by atoms with Crippen LogP contribution >= 0.6 is 11.8 Å². The van der Waals surface area contributed by atoms with Gasteiger partial charge in [-0.3, -0.25) is 10.6 Å². The maximum absolute atomic E-state index is 13.4. The zero-order chi connectivity index (χ0) is 14.4. The number of rotatable bonds is 6. The number of carbonyl (C=O) groups excluding carboxylic acids is 1. The summed E-state index contributed by atoms with van der Waals surface area (Å²) >= 11 is 1.07. The molecule has 0 aliphatic carbocycles. The van der Waals surface area contributed by atoms with Gasteiger partial charge in [-0.15, -0.1) is 0 Å². The third-order valence-corrected chi connectivity index (χ3v) is 3.42. The molecular weight excluding hydrogens is 271 g/mol. The summed E-state index contributed by atoms with van der Waals surface area (Å²) in [6.45, 7) is 1.43. The van der Waals surface area contributed by atoms with E-state index in [1.54, 1.807) is 0 Å². The van der Waals surface area contributed by atoms with Gasteiger partial charge < -0.3 is 15.6 Å². The Labute approximate surface area is 115 Å². The number of aliphatic hydroxyl groups is 2. The van der Waals surface area contributed by atoms with Crippen molar-refractivity contribution in [1.29, 1.82) is 0 Å². The van der Waals surface area contributed by atoms with Crippen LogP contribution in [0.5, 0.6) is 0 Å². The number of thioether (sulfide) groups is 1. The molecular formula is C12H17FN2O3S. The number of aliphatic hydroxyl groups excluding tert-OH is 2. The number of hydrogen-bond acceptors (Lipinski definition) is 6. The van der Waals surface area contributed by atoms with E-state index in [9.17, 15) is 19.4 Å². The molecule has 0 aliphatic rings. The Hall–Kier alpha value is -1.15. The molecule has 0 aliphatic heterocycles. The first kappa shape index (κ1) is 15.9. The first-order chi connectivity index (χ1) is 8.95. The maximum Gasteiger partial charge on any atom is 0.185 e. The first-order valence-corrected chi connectivity index (χ1v) is 6.69. The summed E-state index contributed by atoms with van der Waals surface area (Å²) < 4.78 is 13.4. The highest BCUT2D eigenvalue weighted by atomic mass is 32.2. The van der Waals surface area contributed by atoms with Crippen molar-refractivity contribution in [2.24, 2.45) is 5.84 Å². The molecule has 7 heteroatoms. The number of carbonyl (C=O) groups is 1. The van der Waals surface area contributed by atoms with Gasteiger partial charge in [-0.05, 0) is 24.1 Å². The molecule has 0 radical (unpaired) electrons. The van der Waals surface area contributed by atoms with Crippen LogP contribution in [0.1, 0.15) is 25.0 Å². The fraction of sp³-hybridized carbons (Fsp3) is 0.417. The summed E-state index contributed by atoms with van der Waals surface area (Å²) in [6, 6.07) is 3.97. The van der Waals surface area contributed by atoms with Gasteiger partial charge in [0, 0.05) is 12.7 Å².